The van der Waals surface area contributed by atoms with Gasteiger partial charge in [0.2, 0.25) is 0 Å². The summed E-state index contributed by atoms with van der Waals surface area (Å²) < 4.78 is 16.0. The number of halogens is 1. The molecule has 1 atom stereocenters. The fraction of sp³-hybridized carbons (Fsp3) is 0.571. The van der Waals surface area contributed by atoms with Gasteiger partial charge >= 0.3 is 0 Å². The Labute approximate surface area is 120 Å². The van der Waals surface area contributed by atoms with Crippen molar-refractivity contribution in [1.29, 1.82) is 0 Å². The Bertz CT molecular complexity index is 421. The first-order valence-electron chi connectivity index (χ1n) is 6.26. The molecule has 0 aliphatic heterocycles. The molecule has 0 heterocycles. The molecular weight excluding hydrogens is 266 g/mol. The lowest BCUT2D eigenvalue weighted by atomic mass is 9.77. The largest absolute Gasteiger partial charge is 0.496 e. The zero-order valence-corrected chi connectivity index (χ0v) is 12.5. The molecule has 4 nitrogen and oxygen atoms in total. The van der Waals surface area contributed by atoms with Gasteiger partial charge in [0.05, 0.1) is 21.3 Å². The summed E-state index contributed by atoms with van der Waals surface area (Å²) in [5.41, 5.74) is 7.32. The average molecular weight is 288 g/mol. The molecule has 0 amide bonds. The van der Waals surface area contributed by atoms with E-state index in [9.17, 15) is 0 Å². The van der Waals surface area contributed by atoms with E-state index in [1.165, 1.54) is 19.3 Å². The molecule has 108 valence electrons. The minimum Gasteiger partial charge on any atom is -0.496 e. The van der Waals surface area contributed by atoms with Crippen LogP contribution in [0.15, 0.2) is 12.1 Å². The van der Waals surface area contributed by atoms with Crippen LogP contribution in [0.25, 0.3) is 0 Å². The molecule has 1 aliphatic carbocycles. The Hall–Kier alpha value is -1.13. The minimum atomic E-state index is 0. The van der Waals surface area contributed by atoms with Crippen molar-refractivity contribution in [3.8, 4) is 17.2 Å². The maximum Gasteiger partial charge on any atom is 0.164 e. The highest BCUT2D eigenvalue weighted by Crippen LogP contribution is 2.43. The Morgan fingerprint density at radius 3 is 1.95 bits per heavy atom. The number of hydrogen-bond acceptors (Lipinski definition) is 4. The summed E-state index contributed by atoms with van der Waals surface area (Å²) >= 11 is 0. The third-order valence-corrected chi connectivity index (χ3v) is 3.75. The van der Waals surface area contributed by atoms with Gasteiger partial charge in [-0.15, -0.1) is 12.4 Å². The average Bonchev–Trinajstić information content (AvgIpc) is 2.34. The second-order valence-corrected chi connectivity index (χ2v) is 4.67. The molecule has 0 unspecified atom stereocenters. The van der Waals surface area contributed by atoms with E-state index in [0.29, 0.717) is 17.4 Å². The van der Waals surface area contributed by atoms with Crippen LogP contribution in [0.2, 0.25) is 0 Å². The van der Waals surface area contributed by atoms with Crippen molar-refractivity contribution in [2.45, 2.75) is 25.3 Å². The smallest absolute Gasteiger partial charge is 0.164 e. The van der Waals surface area contributed by atoms with Crippen LogP contribution in [0.1, 0.15) is 30.9 Å². The quantitative estimate of drug-likeness (QED) is 0.905. The van der Waals surface area contributed by atoms with Crippen LogP contribution in [0.5, 0.6) is 17.2 Å². The topological polar surface area (TPSA) is 53.7 Å². The summed E-state index contributed by atoms with van der Waals surface area (Å²) in [5.74, 6) is 2.69. The van der Waals surface area contributed by atoms with E-state index < -0.39 is 0 Å². The van der Waals surface area contributed by atoms with E-state index >= 15 is 0 Å². The van der Waals surface area contributed by atoms with Crippen LogP contribution < -0.4 is 19.9 Å². The van der Waals surface area contributed by atoms with Crippen molar-refractivity contribution < 1.29 is 14.2 Å². The highest BCUT2D eigenvalue weighted by Gasteiger charge is 2.28. The highest BCUT2D eigenvalue weighted by atomic mass is 35.5. The van der Waals surface area contributed by atoms with E-state index in [-0.39, 0.29) is 18.4 Å². The molecule has 0 saturated heterocycles. The van der Waals surface area contributed by atoms with Gasteiger partial charge < -0.3 is 19.9 Å². The molecule has 0 spiro atoms. The third kappa shape index (κ3) is 3.07. The van der Waals surface area contributed by atoms with E-state index in [4.69, 9.17) is 19.9 Å². The minimum absolute atomic E-state index is 0. The zero-order valence-electron chi connectivity index (χ0n) is 11.6. The lowest BCUT2D eigenvalue weighted by Gasteiger charge is -2.32. The van der Waals surface area contributed by atoms with Crippen molar-refractivity contribution in [3.63, 3.8) is 0 Å². The summed E-state index contributed by atoms with van der Waals surface area (Å²) in [5, 5.41) is 0. The van der Waals surface area contributed by atoms with Gasteiger partial charge in [0.1, 0.15) is 5.75 Å². The van der Waals surface area contributed by atoms with Crippen LogP contribution >= 0.6 is 12.4 Å². The Morgan fingerprint density at radius 1 is 1.00 bits per heavy atom. The number of ether oxygens (including phenoxy) is 3. The first kappa shape index (κ1) is 15.9. The second-order valence-electron chi connectivity index (χ2n) is 4.67. The van der Waals surface area contributed by atoms with Crippen molar-refractivity contribution in [2.75, 3.05) is 21.3 Å². The highest BCUT2D eigenvalue weighted by molar-refractivity contribution is 5.85. The lowest BCUT2D eigenvalue weighted by molar-refractivity contribution is 0.258. The number of methoxy groups -OCH3 is 3. The predicted octanol–water partition coefficient (Wildman–Crippen LogP) is 2.93. The molecule has 1 aromatic carbocycles. The third-order valence-electron chi connectivity index (χ3n) is 3.75. The predicted molar refractivity (Wildman–Crippen MR) is 77.6 cm³/mol. The summed E-state index contributed by atoms with van der Waals surface area (Å²) in [6.07, 6.45) is 3.66. The van der Waals surface area contributed by atoms with Crippen molar-refractivity contribution >= 4 is 12.4 Å². The Kier molecular flexibility index (Phi) is 5.76. The van der Waals surface area contributed by atoms with Crippen LogP contribution in [-0.4, -0.2) is 21.3 Å². The summed E-state index contributed by atoms with van der Waals surface area (Å²) in [6, 6.07) is 3.78. The summed E-state index contributed by atoms with van der Waals surface area (Å²) in [6.45, 7) is 0. The number of rotatable bonds is 5. The SMILES string of the molecule is COc1cc(OC)c([C@H](N)C2CCC2)cc1OC.Cl. The van der Waals surface area contributed by atoms with Crippen molar-refractivity contribution in [1.82, 2.24) is 0 Å². The molecule has 19 heavy (non-hydrogen) atoms. The number of nitrogens with two attached hydrogens (primary N) is 1. The zero-order chi connectivity index (χ0) is 13.1. The molecule has 1 aliphatic rings. The molecule has 5 heteroatoms. The van der Waals surface area contributed by atoms with Gasteiger partial charge in [-0.3, -0.25) is 0 Å². The van der Waals surface area contributed by atoms with Crippen LogP contribution in [0.3, 0.4) is 0 Å². The number of hydrogen-bond donors (Lipinski definition) is 1. The fourth-order valence-electron chi connectivity index (χ4n) is 2.37. The molecular formula is C14H22ClNO3. The van der Waals surface area contributed by atoms with Gasteiger partial charge in [-0.25, -0.2) is 0 Å². The van der Waals surface area contributed by atoms with Crippen LogP contribution in [0, 0.1) is 5.92 Å². The Morgan fingerprint density at radius 2 is 1.53 bits per heavy atom. The lowest BCUT2D eigenvalue weighted by Crippen LogP contribution is -2.27. The molecule has 2 N–H and O–H groups in total. The first-order valence-corrected chi connectivity index (χ1v) is 6.26. The van der Waals surface area contributed by atoms with Gasteiger partial charge in [0.25, 0.3) is 0 Å². The van der Waals surface area contributed by atoms with Gasteiger partial charge in [0.15, 0.2) is 11.5 Å². The number of benzene rings is 1. The molecule has 0 bridgehead atoms. The summed E-state index contributed by atoms with van der Waals surface area (Å²) in [7, 11) is 4.89. The monoisotopic (exact) mass is 287 g/mol. The molecule has 1 aromatic rings. The van der Waals surface area contributed by atoms with Gasteiger partial charge in [0, 0.05) is 17.7 Å². The van der Waals surface area contributed by atoms with E-state index in [0.717, 1.165) is 11.3 Å². The van der Waals surface area contributed by atoms with Gasteiger partial charge in [-0.2, -0.15) is 0 Å². The Balaban J connectivity index is 0.00000180. The fourth-order valence-corrected chi connectivity index (χ4v) is 2.37. The normalized spacial score (nSPS) is 16.0. The molecule has 1 fully saturated rings. The van der Waals surface area contributed by atoms with E-state index in [1.54, 1.807) is 21.3 Å². The molecule has 2 rings (SSSR count). The van der Waals surface area contributed by atoms with Gasteiger partial charge in [-0.1, -0.05) is 6.42 Å². The van der Waals surface area contributed by atoms with E-state index in [2.05, 4.69) is 0 Å². The molecule has 0 aromatic heterocycles. The first-order chi connectivity index (χ1) is 8.71. The van der Waals surface area contributed by atoms with Crippen molar-refractivity contribution in [3.05, 3.63) is 17.7 Å². The van der Waals surface area contributed by atoms with Crippen LogP contribution in [0.4, 0.5) is 0 Å². The summed E-state index contributed by atoms with van der Waals surface area (Å²) in [4.78, 5) is 0. The molecule has 1 saturated carbocycles. The standard InChI is InChI=1S/C14H21NO3.ClH/c1-16-11-8-13(18-3)12(17-2)7-10(11)14(15)9-5-4-6-9;/h7-9,14H,4-6,15H2,1-3H3;1H/t14-;/m1./s1. The van der Waals surface area contributed by atoms with Crippen molar-refractivity contribution in [2.24, 2.45) is 11.7 Å². The maximum absolute atomic E-state index is 6.32. The van der Waals surface area contributed by atoms with Crippen LogP contribution in [-0.2, 0) is 0 Å². The van der Waals surface area contributed by atoms with Gasteiger partial charge in [-0.05, 0) is 24.8 Å². The maximum atomic E-state index is 6.32. The molecule has 0 radical (unpaired) electrons. The van der Waals surface area contributed by atoms with E-state index in [1.807, 2.05) is 12.1 Å². The second kappa shape index (κ2) is 6.87.